The molecule has 0 atom stereocenters. The van der Waals surface area contributed by atoms with Crippen molar-refractivity contribution in [3.05, 3.63) is 100 Å². The van der Waals surface area contributed by atoms with Gasteiger partial charge in [-0.15, -0.1) is 0 Å². The molecule has 0 aliphatic carbocycles. The fraction of sp³-hybridized carbons (Fsp3) is 0.0400. The number of nitrogens with zero attached hydrogens (tertiary/aromatic N) is 2. The van der Waals surface area contributed by atoms with Gasteiger partial charge < -0.3 is 9.26 Å². The van der Waals surface area contributed by atoms with E-state index < -0.39 is 15.8 Å². The van der Waals surface area contributed by atoms with Crippen molar-refractivity contribution in [2.45, 2.75) is 4.90 Å². The first-order chi connectivity index (χ1) is 17.3. The molecule has 11 heteroatoms. The molecular weight excluding hydrogens is 509 g/mol. The summed E-state index contributed by atoms with van der Waals surface area (Å²) in [6.45, 7) is 0. The highest BCUT2D eigenvalue weighted by atomic mass is 35.5. The number of sulfonamides is 1. The van der Waals surface area contributed by atoms with Crippen molar-refractivity contribution in [2.24, 2.45) is 0 Å². The van der Waals surface area contributed by atoms with Gasteiger partial charge in [0.2, 0.25) is 0 Å². The lowest BCUT2D eigenvalue weighted by molar-refractivity contribution is 0.413. The highest BCUT2D eigenvalue weighted by Crippen LogP contribution is 2.33. The van der Waals surface area contributed by atoms with Crippen LogP contribution in [0.15, 0.2) is 93.3 Å². The quantitative estimate of drug-likeness (QED) is 0.325. The first-order valence-corrected chi connectivity index (χ1v) is 12.4. The van der Waals surface area contributed by atoms with E-state index in [4.69, 9.17) is 16.3 Å². The Hall–Kier alpha value is -4.15. The van der Waals surface area contributed by atoms with E-state index in [0.29, 0.717) is 33.5 Å². The monoisotopic (exact) mass is 525 g/mol. The maximum absolute atomic E-state index is 14.5. The second-order valence-corrected chi connectivity index (χ2v) is 9.85. The molecule has 0 fully saturated rings. The molecule has 0 bridgehead atoms. The molecule has 2 aromatic heterocycles. The summed E-state index contributed by atoms with van der Waals surface area (Å²) in [6.07, 6.45) is 1.25. The van der Waals surface area contributed by atoms with Gasteiger partial charge in [0.15, 0.2) is 5.82 Å². The van der Waals surface area contributed by atoms with Crippen LogP contribution in [0.25, 0.3) is 27.7 Å². The topological polar surface area (TPSA) is 103 Å². The number of anilines is 1. The third-order valence-corrected chi connectivity index (χ3v) is 7.10. The minimum absolute atomic E-state index is 0.0243. The van der Waals surface area contributed by atoms with Crippen LogP contribution in [0.2, 0.25) is 5.02 Å². The fourth-order valence-corrected chi connectivity index (χ4v) is 5.04. The van der Waals surface area contributed by atoms with E-state index in [1.165, 1.54) is 60.4 Å². The van der Waals surface area contributed by atoms with Crippen molar-refractivity contribution in [3.8, 4) is 22.6 Å². The third kappa shape index (κ3) is 4.32. The predicted molar refractivity (Wildman–Crippen MR) is 134 cm³/mol. The first-order valence-electron chi connectivity index (χ1n) is 10.5. The van der Waals surface area contributed by atoms with E-state index in [1.54, 1.807) is 30.3 Å². The zero-order valence-electron chi connectivity index (χ0n) is 18.6. The molecule has 2 heterocycles. The smallest absolute Gasteiger partial charge is 0.263 e. The number of halogens is 2. The number of fused-ring (bicyclic) bond motifs is 1. The molecule has 182 valence electrons. The van der Waals surface area contributed by atoms with E-state index in [9.17, 15) is 17.6 Å². The average molecular weight is 526 g/mol. The summed E-state index contributed by atoms with van der Waals surface area (Å²) in [5, 5.41) is 4.33. The fourth-order valence-electron chi connectivity index (χ4n) is 3.85. The summed E-state index contributed by atoms with van der Waals surface area (Å²) in [5.74, 6) is -0.129. The normalized spacial score (nSPS) is 11.5. The predicted octanol–water partition coefficient (Wildman–Crippen LogP) is 5.25. The largest absolute Gasteiger partial charge is 0.495 e. The highest BCUT2D eigenvalue weighted by molar-refractivity contribution is 7.92. The van der Waals surface area contributed by atoms with Crippen molar-refractivity contribution < 1.29 is 22.1 Å². The van der Waals surface area contributed by atoms with Gasteiger partial charge in [-0.3, -0.25) is 14.1 Å². The maximum atomic E-state index is 14.5. The number of hydrogen-bond acceptors (Lipinski definition) is 6. The molecule has 5 aromatic rings. The van der Waals surface area contributed by atoms with E-state index in [2.05, 4.69) is 14.4 Å². The Balaban J connectivity index is 1.61. The van der Waals surface area contributed by atoms with Crippen molar-refractivity contribution >= 4 is 38.3 Å². The van der Waals surface area contributed by atoms with Gasteiger partial charge in [0.1, 0.15) is 17.8 Å². The van der Waals surface area contributed by atoms with E-state index in [-0.39, 0.29) is 21.3 Å². The zero-order valence-corrected chi connectivity index (χ0v) is 20.2. The summed E-state index contributed by atoms with van der Waals surface area (Å²) in [5.41, 5.74) is 1.35. The van der Waals surface area contributed by atoms with Crippen molar-refractivity contribution in [1.29, 1.82) is 0 Å². The summed E-state index contributed by atoms with van der Waals surface area (Å²) >= 11 is 5.86. The molecule has 36 heavy (non-hydrogen) atoms. The highest BCUT2D eigenvalue weighted by Gasteiger charge is 2.19. The van der Waals surface area contributed by atoms with Gasteiger partial charge in [-0.25, -0.2) is 12.8 Å². The Morgan fingerprint density at radius 2 is 1.86 bits per heavy atom. The third-order valence-electron chi connectivity index (χ3n) is 5.52. The molecule has 0 aliphatic heterocycles. The molecule has 0 saturated heterocycles. The van der Waals surface area contributed by atoms with Crippen LogP contribution in [-0.4, -0.2) is 25.3 Å². The Labute approximate surface area is 209 Å². The van der Waals surface area contributed by atoms with Crippen molar-refractivity contribution in [1.82, 2.24) is 9.72 Å². The van der Waals surface area contributed by atoms with Crippen LogP contribution in [0, 0.1) is 5.82 Å². The molecule has 1 N–H and O–H groups in total. The molecule has 0 spiro atoms. The molecule has 8 nitrogen and oxygen atoms in total. The number of rotatable bonds is 6. The number of benzene rings is 3. The summed E-state index contributed by atoms with van der Waals surface area (Å²) in [4.78, 5) is 12.9. The van der Waals surface area contributed by atoms with Gasteiger partial charge >= 0.3 is 0 Å². The molecule has 5 rings (SSSR count). The summed E-state index contributed by atoms with van der Waals surface area (Å²) < 4.78 is 53.9. The Bertz CT molecular complexity index is 1770. The molecule has 0 amide bonds. The molecule has 0 saturated carbocycles. The Morgan fingerprint density at radius 3 is 2.58 bits per heavy atom. The van der Waals surface area contributed by atoms with Crippen molar-refractivity contribution in [2.75, 3.05) is 11.8 Å². The number of pyridine rings is 1. The molecule has 3 aromatic carbocycles. The molecule has 0 unspecified atom stereocenters. The van der Waals surface area contributed by atoms with Crippen LogP contribution < -0.4 is 15.0 Å². The number of methoxy groups -OCH3 is 1. The van der Waals surface area contributed by atoms with Crippen molar-refractivity contribution in [3.63, 3.8) is 0 Å². The number of hydrogen-bond donors (Lipinski definition) is 1. The molecule has 0 radical (unpaired) electrons. The average Bonchev–Trinajstić information content (AvgIpc) is 3.36. The van der Waals surface area contributed by atoms with E-state index in [1.807, 2.05) is 0 Å². The van der Waals surface area contributed by atoms with E-state index >= 15 is 0 Å². The number of ether oxygens (including phenoxy) is 1. The first kappa shape index (κ1) is 23.6. The standard InChI is InChI=1S/C25H17ClFN3O5S/c1-34-23-13-15(19-6-4-17(26)14-20(19)27)2-7-22(23)30-21-8-5-18(12-16(21)3-9-25(30)31)36(32,33)29-24-10-11-35-28-24/h2-14H,1H3,(H,28,29). The van der Waals surface area contributed by atoms with Crippen LogP contribution >= 0.6 is 11.6 Å². The molecule has 0 aliphatic rings. The van der Waals surface area contributed by atoms with Crippen LogP contribution in [0.5, 0.6) is 5.75 Å². The van der Waals surface area contributed by atoms with Gasteiger partial charge in [-0.1, -0.05) is 22.8 Å². The molecular formula is C25H17ClFN3O5S. The lowest BCUT2D eigenvalue weighted by Gasteiger charge is -2.16. The Morgan fingerprint density at radius 1 is 1.03 bits per heavy atom. The zero-order chi connectivity index (χ0) is 25.4. The summed E-state index contributed by atoms with van der Waals surface area (Å²) in [7, 11) is -2.51. The van der Waals surface area contributed by atoms with Gasteiger partial charge in [0.05, 0.1) is 23.2 Å². The van der Waals surface area contributed by atoms with E-state index in [0.717, 1.165) is 0 Å². The lowest BCUT2D eigenvalue weighted by Crippen LogP contribution is -2.18. The second-order valence-electron chi connectivity index (χ2n) is 7.73. The minimum atomic E-state index is -3.95. The van der Waals surface area contributed by atoms with Gasteiger partial charge in [-0.2, -0.15) is 0 Å². The summed E-state index contributed by atoms with van der Waals surface area (Å²) in [6, 6.07) is 17.9. The van der Waals surface area contributed by atoms with Crippen LogP contribution in [0.1, 0.15) is 0 Å². The second kappa shape index (κ2) is 9.14. The van der Waals surface area contributed by atoms with Crippen LogP contribution in [0.3, 0.4) is 0 Å². The maximum Gasteiger partial charge on any atom is 0.263 e. The van der Waals surface area contributed by atoms with Gasteiger partial charge in [0.25, 0.3) is 15.6 Å². The Kier molecular flexibility index (Phi) is 5.99. The minimum Gasteiger partial charge on any atom is -0.495 e. The van der Waals surface area contributed by atoms with Crippen LogP contribution in [0.4, 0.5) is 10.2 Å². The number of nitrogens with one attached hydrogen (secondary N) is 1. The SMILES string of the molecule is COc1cc(-c2ccc(Cl)cc2F)ccc1-n1c(=O)ccc2cc(S(=O)(=O)Nc3ccon3)ccc21. The lowest BCUT2D eigenvalue weighted by atomic mass is 10.0. The number of aromatic nitrogens is 2. The van der Waals surface area contributed by atoms with Gasteiger partial charge in [-0.05, 0) is 60.2 Å². The van der Waals surface area contributed by atoms with Gasteiger partial charge in [0, 0.05) is 28.1 Å². The van der Waals surface area contributed by atoms with Crippen LogP contribution in [-0.2, 0) is 10.0 Å².